The Morgan fingerprint density at radius 2 is 2.17 bits per heavy atom. The lowest BCUT2D eigenvalue weighted by atomic mass is 10.0. The molecule has 5 heteroatoms. The average Bonchev–Trinajstić information content (AvgIpc) is 2.28. The summed E-state index contributed by atoms with van der Waals surface area (Å²) in [5.41, 5.74) is 0.429. The number of amides is 1. The zero-order valence-corrected chi connectivity index (χ0v) is 12.9. The Labute approximate surface area is 117 Å². The number of carbonyl (C=O) groups excluding carboxylic acids is 1. The van der Waals surface area contributed by atoms with Gasteiger partial charge in [-0.2, -0.15) is 0 Å². The molecule has 1 unspecified atom stereocenters. The molecule has 1 N–H and O–H groups in total. The van der Waals surface area contributed by atoms with E-state index in [1.165, 1.54) is 0 Å². The maximum Gasteiger partial charge on any atom is 0.271 e. The number of hydrogen-bond donors (Lipinski definition) is 1. The summed E-state index contributed by atoms with van der Waals surface area (Å²) in [6, 6.07) is 3.92. The highest BCUT2D eigenvalue weighted by Crippen LogP contribution is 2.13. The first-order valence-electron chi connectivity index (χ1n) is 5.98. The van der Waals surface area contributed by atoms with Gasteiger partial charge in [0.25, 0.3) is 5.91 Å². The van der Waals surface area contributed by atoms with Crippen molar-refractivity contribution < 1.29 is 4.79 Å². The predicted octanol–water partition coefficient (Wildman–Crippen LogP) is 2.16. The topological polar surface area (TPSA) is 45.2 Å². The summed E-state index contributed by atoms with van der Waals surface area (Å²) in [6.07, 6.45) is 1.62. The Kier molecular flexibility index (Phi) is 5.75. The molecule has 1 rings (SSSR count). The lowest BCUT2D eigenvalue weighted by Gasteiger charge is -2.28. The number of rotatable bonds is 5. The molecular weight excluding hydrogens is 294 g/mol. The van der Waals surface area contributed by atoms with Crippen LogP contribution >= 0.6 is 15.9 Å². The van der Waals surface area contributed by atoms with E-state index < -0.39 is 0 Å². The quantitative estimate of drug-likeness (QED) is 0.906. The highest BCUT2D eigenvalue weighted by Gasteiger charge is 2.18. The van der Waals surface area contributed by atoms with Gasteiger partial charge in [-0.1, -0.05) is 13.8 Å². The minimum absolute atomic E-state index is 0.144. The zero-order chi connectivity index (χ0) is 13.7. The summed E-state index contributed by atoms with van der Waals surface area (Å²) >= 11 is 3.33. The second-order valence-electron chi connectivity index (χ2n) is 4.82. The Balaban J connectivity index is 2.64. The van der Waals surface area contributed by atoms with Crippen molar-refractivity contribution >= 4 is 21.8 Å². The number of likely N-dealkylation sites (N-methyl/N-ethyl adjacent to an activating group) is 1. The van der Waals surface area contributed by atoms with Crippen LogP contribution < -0.4 is 5.32 Å². The maximum absolute atomic E-state index is 12.0. The Morgan fingerprint density at radius 1 is 1.50 bits per heavy atom. The van der Waals surface area contributed by atoms with Gasteiger partial charge in [-0.3, -0.25) is 4.79 Å². The van der Waals surface area contributed by atoms with Gasteiger partial charge in [0.2, 0.25) is 0 Å². The number of halogens is 1. The van der Waals surface area contributed by atoms with E-state index in [1.54, 1.807) is 12.3 Å². The van der Waals surface area contributed by atoms with Gasteiger partial charge in [0.1, 0.15) is 5.69 Å². The van der Waals surface area contributed by atoms with E-state index in [4.69, 9.17) is 0 Å². The van der Waals surface area contributed by atoms with Gasteiger partial charge < -0.3 is 10.2 Å². The molecule has 1 amide bonds. The Hall–Kier alpha value is -0.940. The van der Waals surface area contributed by atoms with Crippen molar-refractivity contribution in [3.05, 3.63) is 28.5 Å². The van der Waals surface area contributed by atoms with Crippen molar-refractivity contribution in [3.63, 3.8) is 0 Å². The average molecular weight is 314 g/mol. The number of carbonyl (C=O) groups is 1. The smallest absolute Gasteiger partial charge is 0.271 e. The van der Waals surface area contributed by atoms with Crippen LogP contribution in [0.3, 0.4) is 0 Å². The normalized spacial score (nSPS) is 12.8. The molecule has 0 radical (unpaired) electrons. The summed E-state index contributed by atoms with van der Waals surface area (Å²) in [5.74, 6) is 0.336. The van der Waals surface area contributed by atoms with Gasteiger partial charge in [0.05, 0.1) is 0 Å². The first-order chi connectivity index (χ1) is 8.43. The number of nitrogens with one attached hydrogen (secondary N) is 1. The molecule has 0 aromatic carbocycles. The molecule has 1 aromatic rings. The number of nitrogens with zero attached hydrogens (tertiary/aromatic N) is 2. The molecule has 0 saturated heterocycles. The van der Waals surface area contributed by atoms with Crippen molar-refractivity contribution in [3.8, 4) is 0 Å². The van der Waals surface area contributed by atoms with E-state index in [1.807, 2.05) is 20.2 Å². The highest BCUT2D eigenvalue weighted by atomic mass is 79.9. The molecule has 0 aliphatic rings. The van der Waals surface area contributed by atoms with Crippen LogP contribution in [0, 0.1) is 5.92 Å². The SMILES string of the molecule is CC(C)C(CNC(=O)c1ncccc1Br)N(C)C. The lowest BCUT2D eigenvalue weighted by molar-refractivity contribution is 0.0929. The molecule has 4 nitrogen and oxygen atoms in total. The van der Waals surface area contributed by atoms with Crippen molar-refractivity contribution in [2.24, 2.45) is 5.92 Å². The van der Waals surface area contributed by atoms with Gasteiger partial charge in [-0.05, 0) is 48.1 Å². The van der Waals surface area contributed by atoms with Crippen LogP contribution in [0.15, 0.2) is 22.8 Å². The van der Waals surface area contributed by atoms with Gasteiger partial charge in [0, 0.05) is 23.3 Å². The molecule has 18 heavy (non-hydrogen) atoms. The molecule has 0 saturated carbocycles. The maximum atomic E-state index is 12.0. The fraction of sp³-hybridized carbons (Fsp3) is 0.538. The highest BCUT2D eigenvalue weighted by molar-refractivity contribution is 9.10. The Morgan fingerprint density at radius 3 is 2.67 bits per heavy atom. The van der Waals surface area contributed by atoms with E-state index in [2.05, 4.69) is 45.0 Å². The Bertz CT molecular complexity index is 399. The number of hydrogen-bond acceptors (Lipinski definition) is 3. The minimum Gasteiger partial charge on any atom is -0.349 e. The van der Waals surface area contributed by atoms with Gasteiger partial charge in [-0.25, -0.2) is 4.98 Å². The summed E-state index contributed by atoms with van der Waals surface area (Å²) in [4.78, 5) is 18.2. The number of pyridine rings is 1. The molecule has 100 valence electrons. The zero-order valence-electron chi connectivity index (χ0n) is 11.3. The van der Waals surface area contributed by atoms with Crippen molar-refractivity contribution in [1.82, 2.24) is 15.2 Å². The molecule has 0 spiro atoms. The molecule has 0 aliphatic heterocycles. The van der Waals surface area contributed by atoms with E-state index in [9.17, 15) is 4.79 Å². The van der Waals surface area contributed by atoms with Crippen LogP contribution in [0.2, 0.25) is 0 Å². The third-order valence-electron chi connectivity index (χ3n) is 2.88. The monoisotopic (exact) mass is 313 g/mol. The third-order valence-corrected chi connectivity index (χ3v) is 3.52. The summed E-state index contributed by atoms with van der Waals surface area (Å²) in [6.45, 7) is 4.91. The van der Waals surface area contributed by atoms with Crippen LogP contribution in [0.1, 0.15) is 24.3 Å². The van der Waals surface area contributed by atoms with Crippen molar-refractivity contribution in [1.29, 1.82) is 0 Å². The first-order valence-corrected chi connectivity index (χ1v) is 6.78. The van der Waals surface area contributed by atoms with E-state index >= 15 is 0 Å². The van der Waals surface area contributed by atoms with E-state index in [0.29, 0.717) is 28.7 Å². The molecule has 1 atom stereocenters. The van der Waals surface area contributed by atoms with Crippen LogP contribution in [-0.4, -0.2) is 42.5 Å². The fourth-order valence-corrected chi connectivity index (χ4v) is 2.28. The van der Waals surface area contributed by atoms with Crippen molar-refractivity contribution in [2.45, 2.75) is 19.9 Å². The summed E-state index contributed by atoms with van der Waals surface area (Å²) in [5, 5.41) is 2.93. The summed E-state index contributed by atoms with van der Waals surface area (Å²) in [7, 11) is 4.04. The summed E-state index contributed by atoms with van der Waals surface area (Å²) < 4.78 is 0.716. The molecule has 0 fully saturated rings. The van der Waals surface area contributed by atoms with Crippen LogP contribution in [0.25, 0.3) is 0 Å². The second kappa shape index (κ2) is 6.85. The van der Waals surface area contributed by atoms with Gasteiger partial charge >= 0.3 is 0 Å². The molecule has 1 aromatic heterocycles. The standard InChI is InChI=1S/C13H20BrN3O/c1-9(2)11(17(3)4)8-16-13(18)12-10(14)6-5-7-15-12/h5-7,9,11H,8H2,1-4H3,(H,16,18). The minimum atomic E-state index is -0.144. The van der Waals surface area contributed by atoms with Gasteiger partial charge in [0.15, 0.2) is 0 Å². The van der Waals surface area contributed by atoms with E-state index in [-0.39, 0.29) is 5.91 Å². The number of aromatic nitrogens is 1. The van der Waals surface area contributed by atoms with Crippen LogP contribution in [0.5, 0.6) is 0 Å². The van der Waals surface area contributed by atoms with Crippen LogP contribution in [0.4, 0.5) is 0 Å². The fourth-order valence-electron chi connectivity index (χ4n) is 1.85. The second-order valence-corrected chi connectivity index (χ2v) is 5.67. The molecular formula is C13H20BrN3O. The van der Waals surface area contributed by atoms with E-state index in [0.717, 1.165) is 0 Å². The first kappa shape index (κ1) is 15.1. The molecule has 0 aliphatic carbocycles. The molecule has 1 heterocycles. The predicted molar refractivity (Wildman–Crippen MR) is 76.6 cm³/mol. The largest absolute Gasteiger partial charge is 0.349 e. The van der Waals surface area contributed by atoms with Crippen molar-refractivity contribution in [2.75, 3.05) is 20.6 Å². The van der Waals surface area contributed by atoms with Crippen LogP contribution in [-0.2, 0) is 0 Å². The lowest BCUT2D eigenvalue weighted by Crippen LogP contribution is -2.43. The molecule has 0 bridgehead atoms. The third kappa shape index (κ3) is 4.07. The van der Waals surface area contributed by atoms with Gasteiger partial charge in [-0.15, -0.1) is 0 Å².